The first-order valence-electron chi connectivity index (χ1n) is 5.93. The molecule has 0 radical (unpaired) electrons. The molecule has 0 aromatic carbocycles. The van der Waals surface area contributed by atoms with Crippen molar-refractivity contribution >= 4 is 23.0 Å². The van der Waals surface area contributed by atoms with Gasteiger partial charge in [0.05, 0.1) is 25.1 Å². The molecule has 0 unspecified atom stereocenters. The fourth-order valence-electron chi connectivity index (χ4n) is 1.85. The second kappa shape index (κ2) is 5.97. The molecular weight excluding hydrogens is 250 g/mol. The normalized spacial score (nSPS) is 16.4. The van der Waals surface area contributed by atoms with Crippen LogP contribution in [0.1, 0.15) is 12.8 Å². The van der Waals surface area contributed by atoms with Gasteiger partial charge in [-0.15, -0.1) is 0 Å². The van der Waals surface area contributed by atoms with Crippen LogP contribution < -0.4 is 10.1 Å². The Morgan fingerprint density at radius 1 is 1.50 bits per heavy atom. The Kier molecular flexibility index (Phi) is 4.33. The minimum Gasteiger partial charge on any atom is -0.481 e. The Labute approximate surface area is 112 Å². The summed E-state index contributed by atoms with van der Waals surface area (Å²) in [6.07, 6.45) is 3.03. The standard InChI is InChI=1S/C12H17N3O2S/c1-17-11-3-2-9(8-13-11)14-12(18)15-6-4-10(16)5-7-15/h2-3,8,10,16H,4-7H2,1H3,(H,14,18). The number of aliphatic hydroxyl groups excluding tert-OH is 1. The molecule has 2 N–H and O–H groups in total. The number of likely N-dealkylation sites (tertiary alicyclic amines) is 1. The van der Waals surface area contributed by atoms with Crippen molar-refractivity contribution in [2.45, 2.75) is 18.9 Å². The molecule has 1 aromatic heterocycles. The fourth-order valence-corrected chi connectivity index (χ4v) is 2.15. The van der Waals surface area contributed by atoms with Gasteiger partial charge in [-0.25, -0.2) is 4.98 Å². The van der Waals surface area contributed by atoms with Crippen LogP contribution >= 0.6 is 12.2 Å². The number of anilines is 1. The molecule has 0 spiro atoms. The lowest BCUT2D eigenvalue weighted by Gasteiger charge is -2.31. The van der Waals surface area contributed by atoms with Crippen molar-refractivity contribution < 1.29 is 9.84 Å². The molecule has 1 fully saturated rings. The van der Waals surface area contributed by atoms with E-state index in [2.05, 4.69) is 15.2 Å². The molecule has 6 heteroatoms. The van der Waals surface area contributed by atoms with Crippen LogP contribution in [0.25, 0.3) is 0 Å². The van der Waals surface area contributed by atoms with Crippen LogP contribution in [0.3, 0.4) is 0 Å². The first kappa shape index (κ1) is 13.0. The summed E-state index contributed by atoms with van der Waals surface area (Å²) in [6, 6.07) is 3.65. The number of nitrogens with one attached hydrogen (secondary N) is 1. The van der Waals surface area contributed by atoms with E-state index in [4.69, 9.17) is 17.0 Å². The maximum absolute atomic E-state index is 9.44. The Morgan fingerprint density at radius 3 is 2.78 bits per heavy atom. The van der Waals surface area contributed by atoms with Crippen molar-refractivity contribution in [3.05, 3.63) is 18.3 Å². The maximum Gasteiger partial charge on any atom is 0.213 e. The minimum absolute atomic E-state index is 0.188. The predicted molar refractivity (Wildman–Crippen MR) is 73.8 cm³/mol. The minimum atomic E-state index is -0.188. The van der Waals surface area contributed by atoms with Gasteiger partial charge < -0.3 is 20.1 Å². The number of thiocarbonyl (C=S) groups is 1. The molecule has 5 nitrogen and oxygen atoms in total. The maximum atomic E-state index is 9.44. The molecule has 0 aliphatic carbocycles. The highest BCUT2D eigenvalue weighted by molar-refractivity contribution is 7.80. The lowest BCUT2D eigenvalue weighted by molar-refractivity contribution is 0.110. The third kappa shape index (κ3) is 3.30. The Bertz CT molecular complexity index is 402. The number of methoxy groups -OCH3 is 1. The van der Waals surface area contributed by atoms with Gasteiger partial charge in [0, 0.05) is 19.2 Å². The number of aromatic nitrogens is 1. The number of pyridine rings is 1. The van der Waals surface area contributed by atoms with Crippen LogP contribution in [0.15, 0.2) is 18.3 Å². The van der Waals surface area contributed by atoms with Gasteiger partial charge >= 0.3 is 0 Å². The quantitative estimate of drug-likeness (QED) is 0.786. The number of hydrogen-bond acceptors (Lipinski definition) is 4. The van der Waals surface area contributed by atoms with E-state index in [1.807, 2.05) is 6.07 Å². The molecule has 1 aliphatic heterocycles. The summed E-state index contributed by atoms with van der Waals surface area (Å²) in [7, 11) is 1.58. The smallest absolute Gasteiger partial charge is 0.213 e. The van der Waals surface area contributed by atoms with Crippen LogP contribution in [-0.2, 0) is 0 Å². The molecule has 0 amide bonds. The third-order valence-electron chi connectivity index (χ3n) is 2.95. The van der Waals surface area contributed by atoms with Gasteiger partial charge in [-0.1, -0.05) is 0 Å². The van der Waals surface area contributed by atoms with Crippen LogP contribution in [-0.4, -0.2) is 46.4 Å². The zero-order valence-corrected chi connectivity index (χ0v) is 11.1. The number of rotatable bonds is 2. The average Bonchev–Trinajstić information content (AvgIpc) is 2.40. The molecule has 1 saturated heterocycles. The van der Waals surface area contributed by atoms with Gasteiger partial charge in [-0.3, -0.25) is 0 Å². The SMILES string of the molecule is COc1ccc(NC(=S)N2CCC(O)CC2)cn1. The van der Waals surface area contributed by atoms with E-state index in [9.17, 15) is 5.11 Å². The molecule has 18 heavy (non-hydrogen) atoms. The van der Waals surface area contributed by atoms with Crippen LogP contribution in [0.4, 0.5) is 5.69 Å². The summed E-state index contributed by atoms with van der Waals surface area (Å²) in [4.78, 5) is 6.17. The van der Waals surface area contributed by atoms with E-state index in [0.717, 1.165) is 31.6 Å². The number of aliphatic hydroxyl groups is 1. The largest absolute Gasteiger partial charge is 0.481 e. The van der Waals surface area contributed by atoms with Gasteiger partial charge in [-0.05, 0) is 31.1 Å². The van der Waals surface area contributed by atoms with Crippen molar-refractivity contribution in [2.24, 2.45) is 0 Å². The van der Waals surface area contributed by atoms with Gasteiger partial charge in [0.2, 0.25) is 5.88 Å². The van der Waals surface area contributed by atoms with E-state index in [1.165, 1.54) is 0 Å². The Balaban J connectivity index is 1.90. The average molecular weight is 267 g/mol. The molecule has 1 aliphatic rings. The lowest BCUT2D eigenvalue weighted by atomic mass is 10.1. The fraction of sp³-hybridized carbons (Fsp3) is 0.500. The molecule has 0 saturated carbocycles. The number of piperidine rings is 1. The van der Waals surface area contributed by atoms with Crippen LogP contribution in [0, 0.1) is 0 Å². The predicted octanol–water partition coefficient (Wildman–Crippen LogP) is 1.24. The summed E-state index contributed by atoms with van der Waals surface area (Å²) in [5.74, 6) is 0.576. The van der Waals surface area contributed by atoms with Gasteiger partial charge in [0.1, 0.15) is 0 Å². The number of hydrogen-bond donors (Lipinski definition) is 2. The summed E-state index contributed by atoms with van der Waals surface area (Å²) in [5.41, 5.74) is 0.840. The van der Waals surface area contributed by atoms with E-state index >= 15 is 0 Å². The van der Waals surface area contributed by atoms with Crippen molar-refractivity contribution in [3.63, 3.8) is 0 Å². The third-order valence-corrected chi connectivity index (χ3v) is 3.31. The molecule has 0 atom stereocenters. The van der Waals surface area contributed by atoms with Gasteiger partial charge in [0.15, 0.2) is 5.11 Å². The zero-order chi connectivity index (χ0) is 13.0. The summed E-state index contributed by atoms with van der Waals surface area (Å²) >= 11 is 5.33. The Hall–Kier alpha value is -1.40. The Morgan fingerprint density at radius 2 is 2.22 bits per heavy atom. The van der Waals surface area contributed by atoms with Crippen LogP contribution in [0.5, 0.6) is 5.88 Å². The first-order valence-corrected chi connectivity index (χ1v) is 6.34. The highest BCUT2D eigenvalue weighted by Crippen LogP contribution is 2.14. The second-order valence-corrected chi connectivity index (χ2v) is 4.62. The molecule has 0 bridgehead atoms. The molecular formula is C12H17N3O2S. The van der Waals surface area contributed by atoms with Crippen LogP contribution in [0.2, 0.25) is 0 Å². The van der Waals surface area contributed by atoms with Crippen molar-refractivity contribution in [1.82, 2.24) is 9.88 Å². The lowest BCUT2D eigenvalue weighted by Crippen LogP contribution is -2.42. The molecule has 2 rings (SSSR count). The molecule has 2 heterocycles. The highest BCUT2D eigenvalue weighted by Gasteiger charge is 2.18. The first-order chi connectivity index (χ1) is 8.69. The topological polar surface area (TPSA) is 57.6 Å². The molecule has 98 valence electrons. The second-order valence-electron chi connectivity index (χ2n) is 4.24. The number of nitrogens with zero attached hydrogens (tertiary/aromatic N) is 2. The summed E-state index contributed by atoms with van der Waals surface area (Å²) < 4.78 is 4.99. The van der Waals surface area contributed by atoms with E-state index < -0.39 is 0 Å². The summed E-state index contributed by atoms with van der Waals surface area (Å²) in [5, 5.41) is 13.3. The monoisotopic (exact) mass is 267 g/mol. The van der Waals surface area contributed by atoms with E-state index in [-0.39, 0.29) is 6.10 Å². The number of ether oxygens (including phenoxy) is 1. The highest BCUT2D eigenvalue weighted by atomic mass is 32.1. The van der Waals surface area contributed by atoms with E-state index in [1.54, 1.807) is 19.4 Å². The van der Waals surface area contributed by atoms with Crippen molar-refractivity contribution in [1.29, 1.82) is 0 Å². The van der Waals surface area contributed by atoms with Gasteiger partial charge in [-0.2, -0.15) is 0 Å². The summed E-state index contributed by atoms with van der Waals surface area (Å²) in [6.45, 7) is 1.58. The zero-order valence-electron chi connectivity index (χ0n) is 10.3. The van der Waals surface area contributed by atoms with Gasteiger partial charge in [0.25, 0.3) is 0 Å². The van der Waals surface area contributed by atoms with Crippen molar-refractivity contribution in [3.8, 4) is 5.88 Å². The van der Waals surface area contributed by atoms with Crippen molar-refractivity contribution in [2.75, 3.05) is 25.5 Å². The van der Waals surface area contributed by atoms with E-state index in [0.29, 0.717) is 11.0 Å². The molecule has 1 aromatic rings.